The van der Waals surface area contributed by atoms with Crippen LogP contribution in [0.4, 0.5) is 5.69 Å². The number of rotatable bonds is 4. The summed E-state index contributed by atoms with van der Waals surface area (Å²) in [5.41, 5.74) is 3.19. The lowest BCUT2D eigenvalue weighted by Gasteiger charge is -2.15. The van der Waals surface area contributed by atoms with Crippen LogP contribution in [0.1, 0.15) is 16.7 Å². The molecule has 2 N–H and O–H groups in total. The smallest absolute Gasteiger partial charge is 0.266 e. The van der Waals surface area contributed by atoms with E-state index >= 15 is 0 Å². The number of hydrogen-bond acceptors (Lipinski definition) is 5. The van der Waals surface area contributed by atoms with Crippen LogP contribution in [0.2, 0.25) is 0 Å². The van der Waals surface area contributed by atoms with Gasteiger partial charge in [0.1, 0.15) is 16.6 Å². The second-order valence-electron chi connectivity index (χ2n) is 6.19. The molecule has 0 spiro atoms. The van der Waals surface area contributed by atoms with Crippen LogP contribution in [0.25, 0.3) is 6.08 Å². The number of nitrogens with zero attached hydrogens (tertiary/aromatic N) is 1. The SMILES string of the molecule is Cc1ccc(O)c(NC(=O)CN2C(=O)/C(=C/c3ccccc3C)SC2=S)c1. The number of hydrogen-bond donors (Lipinski definition) is 2. The highest BCUT2D eigenvalue weighted by Crippen LogP contribution is 2.33. The zero-order chi connectivity index (χ0) is 19.6. The van der Waals surface area contributed by atoms with E-state index in [1.54, 1.807) is 18.2 Å². The molecule has 0 unspecified atom stereocenters. The molecule has 0 aliphatic carbocycles. The van der Waals surface area contributed by atoms with Crippen LogP contribution in [0.5, 0.6) is 5.75 Å². The Labute approximate surface area is 167 Å². The average Bonchev–Trinajstić information content (AvgIpc) is 2.87. The Morgan fingerprint density at radius 2 is 2.00 bits per heavy atom. The minimum absolute atomic E-state index is 0.0289. The predicted molar refractivity (Wildman–Crippen MR) is 113 cm³/mol. The number of thiocarbonyl (C=S) groups is 1. The molecule has 27 heavy (non-hydrogen) atoms. The van der Waals surface area contributed by atoms with E-state index in [2.05, 4.69) is 5.32 Å². The number of anilines is 1. The molecule has 2 aromatic rings. The van der Waals surface area contributed by atoms with Crippen molar-refractivity contribution >= 4 is 51.9 Å². The maximum atomic E-state index is 12.7. The summed E-state index contributed by atoms with van der Waals surface area (Å²) in [7, 11) is 0. The number of nitrogens with one attached hydrogen (secondary N) is 1. The van der Waals surface area contributed by atoms with Gasteiger partial charge in [0.25, 0.3) is 5.91 Å². The highest BCUT2D eigenvalue weighted by molar-refractivity contribution is 8.26. The molecule has 2 aromatic carbocycles. The molecule has 5 nitrogen and oxygen atoms in total. The van der Waals surface area contributed by atoms with Gasteiger partial charge in [-0.1, -0.05) is 54.3 Å². The van der Waals surface area contributed by atoms with Gasteiger partial charge >= 0.3 is 0 Å². The van der Waals surface area contributed by atoms with E-state index < -0.39 is 5.91 Å². The van der Waals surface area contributed by atoms with E-state index in [1.165, 1.54) is 22.7 Å². The number of amides is 2. The number of phenolic OH excluding ortho intramolecular Hbond substituents is 1. The van der Waals surface area contributed by atoms with Gasteiger partial charge in [-0.3, -0.25) is 14.5 Å². The predicted octanol–water partition coefficient (Wildman–Crippen LogP) is 3.85. The third-order valence-corrected chi connectivity index (χ3v) is 5.45. The van der Waals surface area contributed by atoms with E-state index in [0.29, 0.717) is 14.9 Å². The molecule has 0 saturated carbocycles. The van der Waals surface area contributed by atoms with Gasteiger partial charge in [0.05, 0.1) is 10.6 Å². The highest BCUT2D eigenvalue weighted by atomic mass is 32.2. The van der Waals surface area contributed by atoms with Crippen molar-refractivity contribution < 1.29 is 14.7 Å². The van der Waals surface area contributed by atoms with Crippen molar-refractivity contribution in [2.75, 3.05) is 11.9 Å². The summed E-state index contributed by atoms with van der Waals surface area (Å²) >= 11 is 6.45. The topological polar surface area (TPSA) is 69.6 Å². The Hall–Kier alpha value is -2.64. The Kier molecular flexibility index (Phi) is 5.62. The van der Waals surface area contributed by atoms with Crippen molar-refractivity contribution in [3.8, 4) is 5.75 Å². The molecule has 1 aliphatic rings. The van der Waals surface area contributed by atoms with Crippen LogP contribution in [0, 0.1) is 13.8 Å². The van der Waals surface area contributed by atoms with Crippen LogP contribution in [0.3, 0.4) is 0 Å². The number of aromatic hydroxyl groups is 1. The molecule has 1 saturated heterocycles. The second kappa shape index (κ2) is 7.94. The van der Waals surface area contributed by atoms with Gasteiger partial charge < -0.3 is 10.4 Å². The normalized spacial score (nSPS) is 15.5. The first-order valence-corrected chi connectivity index (χ1v) is 9.48. The summed E-state index contributed by atoms with van der Waals surface area (Å²) in [6.45, 7) is 3.62. The van der Waals surface area contributed by atoms with Gasteiger partial charge in [0, 0.05) is 0 Å². The summed E-state index contributed by atoms with van der Waals surface area (Å²) < 4.78 is 0.337. The number of phenols is 1. The molecule has 0 radical (unpaired) electrons. The number of aryl methyl sites for hydroxylation is 2. The summed E-state index contributed by atoms with van der Waals surface area (Å²) in [5.74, 6) is -0.750. The first-order valence-electron chi connectivity index (χ1n) is 8.25. The molecule has 1 heterocycles. The number of carbonyl (C=O) groups excluding carboxylic acids is 2. The molecular formula is C20H18N2O3S2. The van der Waals surface area contributed by atoms with Crippen LogP contribution in [0.15, 0.2) is 47.4 Å². The van der Waals surface area contributed by atoms with Gasteiger partial charge in [0.15, 0.2) is 0 Å². The zero-order valence-electron chi connectivity index (χ0n) is 14.9. The molecule has 3 rings (SSSR count). The van der Waals surface area contributed by atoms with E-state index in [0.717, 1.165) is 16.7 Å². The molecule has 0 aromatic heterocycles. The zero-order valence-corrected chi connectivity index (χ0v) is 16.5. The second-order valence-corrected chi connectivity index (χ2v) is 7.87. The third-order valence-electron chi connectivity index (χ3n) is 4.08. The van der Waals surface area contributed by atoms with Gasteiger partial charge in [-0.05, 0) is 48.7 Å². The molecule has 7 heteroatoms. The van der Waals surface area contributed by atoms with Crippen molar-refractivity contribution in [2.45, 2.75) is 13.8 Å². The largest absolute Gasteiger partial charge is 0.506 e. The van der Waals surface area contributed by atoms with Crippen LogP contribution >= 0.6 is 24.0 Å². The summed E-state index contributed by atoms with van der Waals surface area (Å²) in [5, 5.41) is 12.5. The van der Waals surface area contributed by atoms with Gasteiger partial charge in [-0.2, -0.15) is 0 Å². The lowest BCUT2D eigenvalue weighted by molar-refractivity contribution is -0.126. The quantitative estimate of drug-likeness (QED) is 0.465. The van der Waals surface area contributed by atoms with E-state index in [1.807, 2.05) is 38.1 Å². The molecule has 0 bridgehead atoms. The molecule has 2 amide bonds. The lowest BCUT2D eigenvalue weighted by atomic mass is 10.1. The Morgan fingerprint density at radius 1 is 1.26 bits per heavy atom. The monoisotopic (exact) mass is 398 g/mol. The Morgan fingerprint density at radius 3 is 2.74 bits per heavy atom. The molecule has 1 aliphatic heterocycles. The average molecular weight is 399 g/mol. The summed E-state index contributed by atoms with van der Waals surface area (Å²) in [4.78, 5) is 26.8. The van der Waals surface area contributed by atoms with E-state index in [9.17, 15) is 14.7 Å². The standard InChI is InChI=1S/C20H18N2O3S2/c1-12-7-8-16(23)15(9-12)21-18(24)11-22-19(25)17(27-20(22)26)10-14-6-4-3-5-13(14)2/h3-10,23H,11H2,1-2H3,(H,21,24)/b17-10-. The number of thioether (sulfide) groups is 1. The molecule has 138 valence electrons. The first-order chi connectivity index (χ1) is 12.8. The highest BCUT2D eigenvalue weighted by Gasteiger charge is 2.33. The minimum atomic E-state index is -0.427. The summed E-state index contributed by atoms with van der Waals surface area (Å²) in [6.07, 6.45) is 1.79. The third kappa shape index (κ3) is 4.37. The van der Waals surface area contributed by atoms with Crippen LogP contribution in [-0.2, 0) is 9.59 Å². The van der Waals surface area contributed by atoms with E-state index in [-0.39, 0.29) is 18.2 Å². The number of benzene rings is 2. The van der Waals surface area contributed by atoms with Gasteiger partial charge in [0.2, 0.25) is 5.91 Å². The fraction of sp³-hybridized carbons (Fsp3) is 0.150. The fourth-order valence-electron chi connectivity index (χ4n) is 2.61. The summed E-state index contributed by atoms with van der Waals surface area (Å²) in [6, 6.07) is 12.6. The van der Waals surface area contributed by atoms with Crippen molar-refractivity contribution in [2.24, 2.45) is 0 Å². The van der Waals surface area contributed by atoms with Crippen molar-refractivity contribution in [3.63, 3.8) is 0 Å². The minimum Gasteiger partial charge on any atom is -0.506 e. The van der Waals surface area contributed by atoms with Crippen molar-refractivity contribution in [1.82, 2.24) is 4.90 Å². The molecule has 0 atom stereocenters. The molecule has 1 fully saturated rings. The van der Waals surface area contributed by atoms with Gasteiger partial charge in [-0.25, -0.2) is 0 Å². The Bertz CT molecular complexity index is 969. The molecular weight excluding hydrogens is 380 g/mol. The maximum Gasteiger partial charge on any atom is 0.266 e. The van der Waals surface area contributed by atoms with Crippen LogP contribution in [-0.4, -0.2) is 32.7 Å². The first kappa shape index (κ1) is 19.1. The fourth-order valence-corrected chi connectivity index (χ4v) is 3.86. The van der Waals surface area contributed by atoms with Crippen molar-refractivity contribution in [3.05, 3.63) is 64.1 Å². The lowest BCUT2D eigenvalue weighted by Crippen LogP contribution is -2.36. The van der Waals surface area contributed by atoms with E-state index in [4.69, 9.17) is 12.2 Å². The Balaban J connectivity index is 1.73. The van der Waals surface area contributed by atoms with Gasteiger partial charge in [-0.15, -0.1) is 0 Å². The maximum absolute atomic E-state index is 12.7. The number of carbonyl (C=O) groups is 2. The van der Waals surface area contributed by atoms with Crippen LogP contribution < -0.4 is 5.32 Å². The van der Waals surface area contributed by atoms with Crippen molar-refractivity contribution in [1.29, 1.82) is 0 Å².